The van der Waals surface area contributed by atoms with Crippen LogP contribution in [0.3, 0.4) is 0 Å². The summed E-state index contributed by atoms with van der Waals surface area (Å²) in [5, 5.41) is 0.649. The Bertz CT molecular complexity index is 453. The summed E-state index contributed by atoms with van der Waals surface area (Å²) in [7, 11) is 0. The Labute approximate surface area is 107 Å². The molecule has 1 atom stereocenters. The number of rotatable bonds is 3. The topological polar surface area (TPSA) is 51.2 Å². The van der Waals surface area contributed by atoms with Crippen molar-refractivity contribution in [2.75, 3.05) is 0 Å². The highest BCUT2D eigenvalue weighted by Gasteiger charge is 2.15. The number of hydrogen-bond acceptors (Lipinski definition) is 3. The third-order valence-electron chi connectivity index (χ3n) is 2.21. The van der Waals surface area contributed by atoms with Crippen LogP contribution in [0.2, 0.25) is 5.02 Å². The average molecular weight is 302 g/mol. The van der Waals surface area contributed by atoms with Crippen molar-refractivity contribution in [3.05, 3.63) is 57.4 Å². The van der Waals surface area contributed by atoms with E-state index in [9.17, 15) is 0 Å². The molecule has 0 radical (unpaired) electrons. The first-order valence-electron chi connectivity index (χ1n) is 4.66. The van der Waals surface area contributed by atoms with Crippen molar-refractivity contribution >= 4 is 27.5 Å². The maximum Gasteiger partial charge on any atom is 0.126 e. The van der Waals surface area contributed by atoms with Gasteiger partial charge in [0.25, 0.3) is 0 Å². The number of benzene rings is 1. The summed E-state index contributed by atoms with van der Waals surface area (Å²) in [6.45, 7) is 0. The first kappa shape index (κ1) is 11.7. The molecule has 0 aliphatic rings. The SMILES string of the molecule is NNC(c1cc(Cl)cc(Br)c1)c1ccco1. The van der Waals surface area contributed by atoms with Crippen molar-refractivity contribution in [3.63, 3.8) is 0 Å². The number of nitrogens with two attached hydrogens (primary N) is 1. The third kappa shape index (κ3) is 2.47. The first-order chi connectivity index (χ1) is 7.70. The van der Waals surface area contributed by atoms with Gasteiger partial charge in [0.2, 0.25) is 0 Å². The van der Waals surface area contributed by atoms with Crippen LogP contribution >= 0.6 is 27.5 Å². The predicted octanol–water partition coefficient (Wildman–Crippen LogP) is 3.25. The largest absolute Gasteiger partial charge is 0.467 e. The lowest BCUT2D eigenvalue weighted by atomic mass is 10.1. The highest BCUT2D eigenvalue weighted by atomic mass is 79.9. The van der Waals surface area contributed by atoms with Gasteiger partial charge in [-0.2, -0.15) is 0 Å². The summed E-state index contributed by atoms with van der Waals surface area (Å²) in [5.74, 6) is 6.27. The Balaban J connectivity index is 2.41. The summed E-state index contributed by atoms with van der Waals surface area (Å²) >= 11 is 9.37. The van der Waals surface area contributed by atoms with Gasteiger partial charge < -0.3 is 4.42 Å². The maximum absolute atomic E-state index is 5.98. The quantitative estimate of drug-likeness (QED) is 0.676. The average Bonchev–Trinajstić information content (AvgIpc) is 2.70. The van der Waals surface area contributed by atoms with Gasteiger partial charge in [-0.25, -0.2) is 5.43 Å². The van der Waals surface area contributed by atoms with E-state index in [0.29, 0.717) is 5.02 Å². The van der Waals surface area contributed by atoms with E-state index in [2.05, 4.69) is 21.4 Å². The second-order valence-corrected chi connectivity index (χ2v) is 4.67. The summed E-state index contributed by atoms with van der Waals surface area (Å²) < 4.78 is 6.22. The monoisotopic (exact) mass is 300 g/mol. The second kappa shape index (κ2) is 5.01. The fraction of sp³-hybridized carbons (Fsp3) is 0.0909. The Morgan fingerprint density at radius 1 is 1.38 bits per heavy atom. The van der Waals surface area contributed by atoms with Crippen molar-refractivity contribution in [2.24, 2.45) is 5.84 Å². The van der Waals surface area contributed by atoms with Gasteiger partial charge in [-0.3, -0.25) is 5.84 Å². The molecule has 0 saturated carbocycles. The number of nitrogens with one attached hydrogen (secondary N) is 1. The summed E-state index contributed by atoms with van der Waals surface area (Å²) in [5.41, 5.74) is 3.64. The van der Waals surface area contributed by atoms with Crippen molar-refractivity contribution in [2.45, 2.75) is 6.04 Å². The lowest BCUT2D eigenvalue weighted by molar-refractivity contribution is 0.452. The number of furan rings is 1. The highest BCUT2D eigenvalue weighted by Crippen LogP contribution is 2.27. The van der Waals surface area contributed by atoms with Crippen LogP contribution in [-0.4, -0.2) is 0 Å². The lowest BCUT2D eigenvalue weighted by Crippen LogP contribution is -2.28. The van der Waals surface area contributed by atoms with Gasteiger partial charge in [0.1, 0.15) is 11.8 Å². The molecule has 3 nitrogen and oxygen atoms in total. The molecule has 3 N–H and O–H groups in total. The van der Waals surface area contributed by atoms with Crippen molar-refractivity contribution in [3.8, 4) is 0 Å². The smallest absolute Gasteiger partial charge is 0.126 e. The zero-order valence-corrected chi connectivity index (χ0v) is 10.6. The molecule has 0 aliphatic heterocycles. The van der Waals surface area contributed by atoms with Gasteiger partial charge in [-0.05, 0) is 35.9 Å². The van der Waals surface area contributed by atoms with Crippen LogP contribution in [0, 0.1) is 0 Å². The van der Waals surface area contributed by atoms with Crippen molar-refractivity contribution in [1.29, 1.82) is 0 Å². The van der Waals surface area contributed by atoms with Crippen LogP contribution in [0.25, 0.3) is 0 Å². The molecule has 1 aromatic carbocycles. The molecule has 1 heterocycles. The molecule has 84 valence electrons. The van der Waals surface area contributed by atoms with E-state index in [1.807, 2.05) is 30.3 Å². The molecule has 0 bridgehead atoms. The minimum Gasteiger partial charge on any atom is -0.467 e. The van der Waals surface area contributed by atoms with Gasteiger partial charge in [-0.1, -0.05) is 27.5 Å². The van der Waals surface area contributed by atoms with E-state index < -0.39 is 0 Å². The molecule has 0 amide bonds. The van der Waals surface area contributed by atoms with E-state index in [-0.39, 0.29) is 6.04 Å². The fourth-order valence-corrected chi connectivity index (χ4v) is 2.43. The molecule has 1 unspecified atom stereocenters. The zero-order valence-electron chi connectivity index (χ0n) is 8.28. The van der Waals surface area contributed by atoms with Crippen molar-refractivity contribution in [1.82, 2.24) is 5.43 Å². The molecule has 0 spiro atoms. The Hall–Kier alpha value is -0.810. The molecule has 0 aliphatic carbocycles. The van der Waals surface area contributed by atoms with Crippen LogP contribution in [0.4, 0.5) is 0 Å². The van der Waals surface area contributed by atoms with Gasteiger partial charge in [0.05, 0.1) is 6.26 Å². The molecule has 0 fully saturated rings. The molecular formula is C11H10BrClN2O. The number of hydrogen-bond donors (Lipinski definition) is 2. The van der Waals surface area contributed by atoms with Gasteiger partial charge in [0.15, 0.2) is 0 Å². The molecule has 2 aromatic rings. The Morgan fingerprint density at radius 2 is 2.19 bits per heavy atom. The van der Waals surface area contributed by atoms with Gasteiger partial charge >= 0.3 is 0 Å². The summed E-state index contributed by atoms with van der Waals surface area (Å²) in [4.78, 5) is 0. The maximum atomic E-state index is 5.98. The molecule has 2 rings (SSSR count). The van der Waals surface area contributed by atoms with Crippen LogP contribution in [0.5, 0.6) is 0 Å². The van der Waals surface area contributed by atoms with E-state index in [1.54, 1.807) is 6.26 Å². The normalized spacial score (nSPS) is 12.7. The van der Waals surface area contributed by atoms with E-state index in [0.717, 1.165) is 15.8 Å². The standard InChI is InChI=1S/C11H10BrClN2O/c12-8-4-7(5-9(13)6-8)11(15-14)10-2-1-3-16-10/h1-6,11,15H,14H2. The minimum atomic E-state index is -0.204. The van der Waals surface area contributed by atoms with Crippen molar-refractivity contribution < 1.29 is 4.42 Å². The zero-order chi connectivity index (χ0) is 11.5. The van der Waals surface area contributed by atoms with E-state index in [1.165, 1.54) is 0 Å². The Kier molecular flexibility index (Phi) is 3.66. The number of halogens is 2. The van der Waals surface area contributed by atoms with Crippen LogP contribution in [0.1, 0.15) is 17.4 Å². The first-order valence-corrected chi connectivity index (χ1v) is 5.83. The Morgan fingerprint density at radius 3 is 2.75 bits per heavy atom. The van der Waals surface area contributed by atoms with Crippen LogP contribution in [0.15, 0.2) is 45.5 Å². The van der Waals surface area contributed by atoms with Crippen LogP contribution < -0.4 is 11.3 Å². The van der Waals surface area contributed by atoms with Crippen LogP contribution in [-0.2, 0) is 0 Å². The molecule has 5 heteroatoms. The number of hydrazine groups is 1. The molecular weight excluding hydrogens is 291 g/mol. The summed E-state index contributed by atoms with van der Waals surface area (Å²) in [6, 6.07) is 9.09. The van der Waals surface area contributed by atoms with E-state index >= 15 is 0 Å². The summed E-state index contributed by atoms with van der Waals surface area (Å²) in [6.07, 6.45) is 1.61. The minimum absolute atomic E-state index is 0.204. The van der Waals surface area contributed by atoms with E-state index in [4.69, 9.17) is 21.9 Å². The fourth-order valence-electron chi connectivity index (χ4n) is 1.54. The van der Waals surface area contributed by atoms with Gasteiger partial charge in [-0.15, -0.1) is 0 Å². The molecule has 1 aromatic heterocycles. The molecule has 0 saturated heterocycles. The third-order valence-corrected chi connectivity index (χ3v) is 2.89. The second-order valence-electron chi connectivity index (χ2n) is 3.32. The predicted molar refractivity (Wildman–Crippen MR) is 67.0 cm³/mol. The molecule has 16 heavy (non-hydrogen) atoms. The highest BCUT2D eigenvalue weighted by molar-refractivity contribution is 9.10. The lowest BCUT2D eigenvalue weighted by Gasteiger charge is -2.14. The van der Waals surface area contributed by atoms with Gasteiger partial charge in [0, 0.05) is 9.50 Å².